The fraction of sp³-hybridized carbons (Fsp3) is 0.0714. The first kappa shape index (κ1) is 15.8. The number of para-hydroxylation sites is 2. The third-order valence-corrected chi connectivity index (χ3v) is 3.34. The Hall–Kier alpha value is -2.61. The van der Waals surface area contributed by atoms with Crippen molar-refractivity contribution in [1.29, 1.82) is 0 Å². The van der Waals surface area contributed by atoms with Crippen molar-refractivity contribution in [1.82, 2.24) is 0 Å². The fourth-order valence-corrected chi connectivity index (χ4v) is 2.41. The summed E-state index contributed by atoms with van der Waals surface area (Å²) in [5.41, 5.74) is 3.41. The second kappa shape index (κ2) is 6.90. The monoisotopic (exact) mass is 365 g/mol. The largest absolute Gasteiger partial charge is 0.504 e. The van der Waals surface area contributed by atoms with Crippen LogP contribution in [0.25, 0.3) is 0 Å². The number of phenols is 1. The van der Waals surface area contributed by atoms with Crippen molar-refractivity contribution < 1.29 is 14.8 Å². The molecular formula is C14H12BrN3O4. The van der Waals surface area contributed by atoms with Crippen molar-refractivity contribution in [3.8, 4) is 11.5 Å². The Labute approximate surface area is 134 Å². The summed E-state index contributed by atoms with van der Waals surface area (Å²) < 4.78 is 5.59. The van der Waals surface area contributed by atoms with Gasteiger partial charge in [-0.1, -0.05) is 12.1 Å². The van der Waals surface area contributed by atoms with Crippen LogP contribution in [-0.4, -0.2) is 23.4 Å². The van der Waals surface area contributed by atoms with Crippen LogP contribution in [0, 0.1) is 10.1 Å². The van der Waals surface area contributed by atoms with Crippen molar-refractivity contribution in [2.75, 3.05) is 12.5 Å². The number of halogens is 1. The minimum Gasteiger partial charge on any atom is -0.504 e. The zero-order chi connectivity index (χ0) is 16.1. The predicted octanol–water partition coefficient (Wildman–Crippen LogP) is 3.52. The normalized spacial score (nSPS) is 10.6. The molecule has 0 aliphatic carbocycles. The number of nitro benzene ring substituents is 1. The van der Waals surface area contributed by atoms with Gasteiger partial charge >= 0.3 is 0 Å². The highest BCUT2D eigenvalue weighted by atomic mass is 79.9. The fourth-order valence-electron chi connectivity index (χ4n) is 1.78. The van der Waals surface area contributed by atoms with E-state index >= 15 is 0 Å². The lowest BCUT2D eigenvalue weighted by molar-refractivity contribution is -0.384. The van der Waals surface area contributed by atoms with Gasteiger partial charge < -0.3 is 9.84 Å². The van der Waals surface area contributed by atoms with Gasteiger partial charge in [0.15, 0.2) is 11.5 Å². The number of methoxy groups -OCH3 is 1. The van der Waals surface area contributed by atoms with E-state index in [1.54, 1.807) is 24.3 Å². The standard InChI is InChI=1S/C14H12BrN3O4/c1-22-14-10(15)6-9(7-13(14)19)8-16-17-11-4-2-3-5-12(11)18(20)21/h2-8,17,19H,1H3/b16-8-. The summed E-state index contributed by atoms with van der Waals surface area (Å²) >= 11 is 3.27. The maximum atomic E-state index is 10.9. The maximum absolute atomic E-state index is 10.9. The number of nitrogens with one attached hydrogen (secondary N) is 1. The number of anilines is 1. The molecule has 0 saturated carbocycles. The van der Waals surface area contributed by atoms with Gasteiger partial charge in [0.1, 0.15) is 5.69 Å². The summed E-state index contributed by atoms with van der Waals surface area (Å²) in [7, 11) is 1.45. The SMILES string of the molecule is COc1c(O)cc(/C=N\Nc2ccccc2[N+](=O)[O-])cc1Br. The molecule has 2 aromatic carbocycles. The van der Waals surface area contributed by atoms with Gasteiger partial charge in [-0.15, -0.1) is 0 Å². The molecule has 22 heavy (non-hydrogen) atoms. The highest BCUT2D eigenvalue weighted by Gasteiger charge is 2.11. The molecule has 0 spiro atoms. The average Bonchev–Trinajstić information content (AvgIpc) is 2.47. The van der Waals surface area contributed by atoms with Crippen LogP contribution in [-0.2, 0) is 0 Å². The topological polar surface area (TPSA) is 97.0 Å². The van der Waals surface area contributed by atoms with E-state index < -0.39 is 4.92 Å². The van der Waals surface area contributed by atoms with Crippen LogP contribution < -0.4 is 10.2 Å². The molecule has 0 unspecified atom stereocenters. The number of ether oxygens (including phenoxy) is 1. The molecule has 0 fully saturated rings. The number of rotatable bonds is 5. The maximum Gasteiger partial charge on any atom is 0.294 e. The molecule has 0 amide bonds. The number of phenolic OH excluding ortho intramolecular Hbond substituents is 1. The number of hydrazone groups is 1. The zero-order valence-electron chi connectivity index (χ0n) is 11.5. The van der Waals surface area contributed by atoms with Crippen molar-refractivity contribution in [2.45, 2.75) is 0 Å². The highest BCUT2D eigenvalue weighted by Crippen LogP contribution is 2.35. The summed E-state index contributed by atoms with van der Waals surface area (Å²) in [6.07, 6.45) is 1.43. The van der Waals surface area contributed by atoms with E-state index in [4.69, 9.17) is 4.74 Å². The molecule has 0 radical (unpaired) electrons. The molecule has 0 atom stereocenters. The second-order valence-corrected chi connectivity index (χ2v) is 5.05. The Balaban J connectivity index is 2.19. The first-order chi connectivity index (χ1) is 10.5. The summed E-state index contributed by atoms with van der Waals surface area (Å²) in [4.78, 5) is 10.4. The van der Waals surface area contributed by atoms with Crippen LogP contribution >= 0.6 is 15.9 Å². The molecule has 0 bridgehead atoms. The summed E-state index contributed by atoms with van der Waals surface area (Å²) in [6.45, 7) is 0. The van der Waals surface area contributed by atoms with Crippen molar-refractivity contribution in [2.24, 2.45) is 5.10 Å². The van der Waals surface area contributed by atoms with Gasteiger partial charge in [-0.25, -0.2) is 0 Å². The number of hydrogen-bond acceptors (Lipinski definition) is 6. The van der Waals surface area contributed by atoms with Crippen LogP contribution in [0.4, 0.5) is 11.4 Å². The van der Waals surface area contributed by atoms with Gasteiger partial charge in [0, 0.05) is 6.07 Å². The Morgan fingerprint density at radius 2 is 2.14 bits per heavy atom. The summed E-state index contributed by atoms with van der Waals surface area (Å²) in [5, 5.41) is 24.6. The van der Waals surface area contributed by atoms with Gasteiger partial charge in [-0.05, 0) is 39.7 Å². The minimum absolute atomic E-state index is 0.0379. The quantitative estimate of drug-likeness (QED) is 0.480. The van der Waals surface area contributed by atoms with E-state index in [9.17, 15) is 15.2 Å². The molecule has 114 valence electrons. The minimum atomic E-state index is -0.492. The van der Waals surface area contributed by atoms with Gasteiger partial charge in [0.2, 0.25) is 0 Å². The van der Waals surface area contributed by atoms with Gasteiger partial charge in [0.05, 0.1) is 22.7 Å². The number of benzene rings is 2. The van der Waals surface area contributed by atoms with Gasteiger partial charge in [-0.2, -0.15) is 5.10 Å². The van der Waals surface area contributed by atoms with Crippen LogP contribution in [0.1, 0.15) is 5.56 Å². The molecule has 0 aromatic heterocycles. The van der Waals surface area contributed by atoms with Crippen LogP contribution in [0.5, 0.6) is 11.5 Å². The third kappa shape index (κ3) is 3.53. The van der Waals surface area contributed by atoms with E-state index in [0.717, 1.165) is 0 Å². The number of hydrogen-bond donors (Lipinski definition) is 2. The van der Waals surface area contributed by atoms with Crippen molar-refractivity contribution in [3.05, 3.63) is 56.5 Å². The molecule has 2 aromatic rings. The molecule has 2 rings (SSSR count). The van der Waals surface area contributed by atoms with Crippen LogP contribution in [0.15, 0.2) is 46.0 Å². The third-order valence-electron chi connectivity index (χ3n) is 2.75. The van der Waals surface area contributed by atoms with Crippen molar-refractivity contribution >= 4 is 33.5 Å². The zero-order valence-corrected chi connectivity index (χ0v) is 13.1. The Kier molecular flexibility index (Phi) is 4.95. The molecule has 7 nitrogen and oxygen atoms in total. The predicted molar refractivity (Wildman–Crippen MR) is 86.7 cm³/mol. The van der Waals surface area contributed by atoms with E-state index in [-0.39, 0.29) is 17.1 Å². The molecular weight excluding hydrogens is 354 g/mol. The van der Waals surface area contributed by atoms with Gasteiger partial charge in [-0.3, -0.25) is 15.5 Å². The Morgan fingerprint density at radius 3 is 2.77 bits per heavy atom. The molecule has 0 saturated heterocycles. The van der Waals surface area contributed by atoms with Crippen LogP contribution in [0.2, 0.25) is 0 Å². The van der Waals surface area contributed by atoms with Gasteiger partial charge in [0.25, 0.3) is 5.69 Å². The molecule has 2 N–H and O–H groups in total. The highest BCUT2D eigenvalue weighted by molar-refractivity contribution is 9.10. The van der Waals surface area contributed by atoms with Crippen molar-refractivity contribution in [3.63, 3.8) is 0 Å². The number of aromatic hydroxyl groups is 1. The summed E-state index contributed by atoms with van der Waals surface area (Å²) in [5.74, 6) is 0.285. The Bertz CT molecular complexity index is 711. The lowest BCUT2D eigenvalue weighted by Gasteiger charge is -2.06. The van der Waals surface area contributed by atoms with E-state index in [1.165, 1.54) is 25.5 Å². The van der Waals surface area contributed by atoms with E-state index in [1.807, 2.05) is 0 Å². The lowest BCUT2D eigenvalue weighted by atomic mass is 10.2. The molecule has 0 heterocycles. The Morgan fingerprint density at radius 1 is 1.41 bits per heavy atom. The van der Waals surface area contributed by atoms with E-state index in [2.05, 4.69) is 26.5 Å². The number of nitrogens with zero attached hydrogens (tertiary/aromatic N) is 2. The summed E-state index contributed by atoms with van der Waals surface area (Å²) in [6, 6.07) is 9.34. The smallest absolute Gasteiger partial charge is 0.294 e. The number of nitro groups is 1. The van der Waals surface area contributed by atoms with E-state index in [0.29, 0.717) is 15.8 Å². The second-order valence-electron chi connectivity index (χ2n) is 4.20. The molecule has 0 aliphatic heterocycles. The molecule has 8 heteroatoms. The lowest BCUT2D eigenvalue weighted by Crippen LogP contribution is -1.96. The van der Waals surface area contributed by atoms with Crippen LogP contribution in [0.3, 0.4) is 0 Å². The first-order valence-corrected chi connectivity index (χ1v) is 6.91. The average molecular weight is 366 g/mol. The first-order valence-electron chi connectivity index (χ1n) is 6.12. The molecule has 0 aliphatic rings.